The minimum absolute atomic E-state index is 0.0105. The Morgan fingerprint density at radius 2 is 1.85 bits per heavy atom. The van der Waals surface area contributed by atoms with Crippen LogP contribution in [-0.4, -0.2) is 43.2 Å². The van der Waals surface area contributed by atoms with Gasteiger partial charge in [0.15, 0.2) is 5.82 Å². The molecule has 1 N–H and O–H groups in total. The van der Waals surface area contributed by atoms with Gasteiger partial charge in [0.05, 0.1) is 31.3 Å². The molecule has 0 spiro atoms. The predicted molar refractivity (Wildman–Crippen MR) is 103 cm³/mol. The normalized spacial score (nSPS) is 11.2. The Bertz CT molecular complexity index is 1050. The molecule has 142 valence electrons. The van der Waals surface area contributed by atoms with Crippen LogP contribution in [0.2, 0.25) is 0 Å². The summed E-state index contributed by atoms with van der Waals surface area (Å²) < 4.78 is 38.3. The maximum atomic E-state index is 11.8. The van der Waals surface area contributed by atoms with Crippen molar-refractivity contribution in [1.29, 1.82) is 0 Å². The highest BCUT2D eigenvalue weighted by Crippen LogP contribution is 2.27. The van der Waals surface area contributed by atoms with Crippen LogP contribution in [0.5, 0.6) is 11.8 Å². The Morgan fingerprint density at radius 1 is 1.07 bits per heavy atom. The maximum Gasteiger partial charge on any atom is 0.336 e. The van der Waals surface area contributed by atoms with Gasteiger partial charge in [-0.1, -0.05) is 18.2 Å². The summed E-state index contributed by atoms with van der Waals surface area (Å²) in [6.07, 6.45) is 0. The van der Waals surface area contributed by atoms with Crippen LogP contribution in [0.25, 0.3) is 17.1 Å². The third-order valence-corrected chi connectivity index (χ3v) is 5.15. The number of anilines is 1. The van der Waals surface area contributed by atoms with Crippen LogP contribution in [0, 0.1) is 0 Å². The molecule has 0 aliphatic carbocycles. The lowest BCUT2D eigenvalue weighted by molar-refractivity contribution is 0.380. The molecule has 3 rings (SSSR count). The number of nitrogens with one attached hydrogen (secondary N) is 1. The van der Waals surface area contributed by atoms with E-state index in [2.05, 4.69) is 14.8 Å². The maximum absolute atomic E-state index is 11.8. The molecule has 0 radical (unpaired) electrons. The van der Waals surface area contributed by atoms with E-state index in [1.165, 1.54) is 7.11 Å². The first kappa shape index (κ1) is 18.7. The van der Waals surface area contributed by atoms with Crippen LogP contribution in [0.15, 0.2) is 48.5 Å². The highest BCUT2D eigenvalue weighted by Gasteiger charge is 2.16. The summed E-state index contributed by atoms with van der Waals surface area (Å²) in [5.74, 6) is 1.22. The number of aromatic nitrogens is 3. The summed E-state index contributed by atoms with van der Waals surface area (Å²) in [6, 6.07) is 14.5. The first-order valence-corrected chi connectivity index (χ1v) is 9.87. The van der Waals surface area contributed by atoms with Gasteiger partial charge in [-0.05, 0) is 37.3 Å². The zero-order chi connectivity index (χ0) is 19.4. The van der Waals surface area contributed by atoms with Crippen molar-refractivity contribution >= 4 is 15.7 Å². The molecular formula is C18H20N4O4S. The lowest BCUT2D eigenvalue weighted by atomic mass is 10.2. The SMILES string of the molecule is CCS(=O)(=O)Nc1cccc(-n2nc(OC)nc2-c2cccc(OC)c2)c1. The largest absolute Gasteiger partial charge is 0.497 e. The molecule has 0 saturated carbocycles. The van der Waals surface area contributed by atoms with Gasteiger partial charge in [-0.2, -0.15) is 4.98 Å². The van der Waals surface area contributed by atoms with Crippen LogP contribution < -0.4 is 14.2 Å². The Morgan fingerprint density at radius 3 is 2.56 bits per heavy atom. The first-order valence-electron chi connectivity index (χ1n) is 8.22. The number of sulfonamides is 1. The molecule has 3 aromatic rings. The van der Waals surface area contributed by atoms with Crippen LogP contribution in [0.3, 0.4) is 0 Å². The molecule has 2 aromatic carbocycles. The zero-order valence-corrected chi connectivity index (χ0v) is 16.0. The average Bonchev–Trinajstić information content (AvgIpc) is 3.12. The highest BCUT2D eigenvalue weighted by atomic mass is 32.2. The molecule has 1 aromatic heterocycles. The number of ether oxygens (including phenoxy) is 2. The highest BCUT2D eigenvalue weighted by molar-refractivity contribution is 7.92. The van der Waals surface area contributed by atoms with Gasteiger partial charge in [-0.15, -0.1) is 5.10 Å². The predicted octanol–water partition coefficient (Wildman–Crippen LogP) is 2.71. The standard InChI is InChI=1S/C18H20N4O4S/c1-4-27(23,24)21-14-8-6-9-15(12-14)22-17(19-18(20-22)26-3)13-7-5-10-16(11-13)25-2/h5-12,21H,4H2,1-3H3. The van der Waals surface area contributed by atoms with Gasteiger partial charge in [0.2, 0.25) is 10.0 Å². The number of methoxy groups -OCH3 is 2. The van der Waals surface area contributed by atoms with Crippen molar-refractivity contribution in [2.45, 2.75) is 6.92 Å². The van der Waals surface area contributed by atoms with E-state index in [1.807, 2.05) is 30.3 Å². The van der Waals surface area contributed by atoms with Crippen molar-refractivity contribution < 1.29 is 17.9 Å². The van der Waals surface area contributed by atoms with E-state index < -0.39 is 10.0 Å². The summed E-state index contributed by atoms with van der Waals surface area (Å²) in [4.78, 5) is 4.41. The molecule has 0 aliphatic heterocycles. The lowest BCUT2D eigenvalue weighted by Crippen LogP contribution is -2.14. The Balaban J connectivity index is 2.08. The van der Waals surface area contributed by atoms with Crippen molar-refractivity contribution in [2.24, 2.45) is 0 Å². The molecule has 1 heterocycles. The summed E-state index contributed by atoms with van der Waals surface area (Å²) in [6.45, 7) is 1.58. The smallest absolute Gasteiger partial charge is 0.336 e. The van der Waals surface area contributed by atoms with Crippen LogP contribution >= 0.6 is 0 Å². The summed E-state index contributed by atoms with van der Waals surface area (Å²) >= 11 is 0. The molecule has 8 nitrogen and oxygen atoms in total. The van der Waals surface area contributed by atoms with E-state index in [9.17, 15) is 8.42 Å². The van der Waals surface area contributed by atoms with Crippen molar-refractivity contribution in [1.82, 2.24) is 14.8 Å². The third-order valence-electron chi connectivity index (χ3n) is 3.84. The van der Waals surface area contributed by atoms with Crippen molar-refractivity contribution in [3.8, 4) is 28.8 Å². The number of rotatable bonds is 7. The fourth-order valence-electron chi connectivity index (χ4n) is 2.46. The van der Waals surface area contributed by atoms with E-state index in [0.29, 0.717) is 22.9 Å². The number of hydrogen-bond donors (Lipinski definition) is 1. The Kier molecular flexibility index (Phi) is 5.31. The van der Waals surface area contributed by atoms with Gasteiger partial charge >= 0.3 is 6.01 Å². The Labute approximate surface area is 157 Å². The molecule has 0 atom stereocenters. The minimum atomic E-state index is -3.38. The van der Waals surface area contributed by atoms with Crippen LogP contribution in [-0.2, 0) is 10.0 Å². The summed E-state index contributed by atoms with van der Waals surface area (Å²) in [7, 11) is -0.301. The molecular weight excluding hydrogens is 368 g/mol. The minimum Gasteiger partial charge on any atom is -0.497 e. The van der Waals surface area contributed by atoms with Gasteiger partial charge in [0.25, 0.3) is 0 Å². The fourth-order valence-corrected chi connectivity index (χ4v) is 3.09. The number of nitrogens with zero attached hydrogens (tertiary/aromatic N) is 3. The quantitative estimate of drug-likeness (QED) is 0.669. The third kappa shape index (κ3) is 4.20. The van der Waals surface area contributed by atoms with E-state index in [1.54, 1.807) is 36.9 Å². The van der Waals surface area contributed by atoms with Crippen LogP contribution in [0.1, 0.15) is 6.92 Å². The lowest BCUT2D eigenvalue weighted by Gasteiger charge is -2.10. The second kappa shape index (κ2) is 7.67. The summed E-state index contributed by atoms with van der Waals surface area (Å²) in [5.41, 5.74) is 1.87. The van der Waals surface area contributed by atoms with Crippen molar-refractivity contribution in [2.75, 3.05) is 24.7 Å². The molecule has 9 heteroatoms. The van der Waals surface area contributed by atoms with E-state index in [0.717, 1.165) is 5.56 Å². The van der Waals surface area contributed by atoms with Gasteiger partial charge in [-0.25, -0.2) is 13.1 Å². The van der Waals surface area contributed by atoms with E-state index >= 15 is 0 Å². The molecule has 0 fully saturated rings. The molecule has 0 amide bonds. The van der Waals surface area contributed by atoms with Crippen LogP contribution in [0.4, 0.5) is 5.69 Å². The van der Waals surface area contributed by atoms with Gasteiger partial charge in [-0.3, -0.25) is 4.72 Å². The van der Waals surface area contributed by atoms with E-state index in [-0.39, 0.29) is 11.8 Å². The molecule has 0 unspecified atom stereocenters. The number of benzene rings is 2. The monoisotopic (exact) mass is 388 g/mol. The zero-order valence-electron chi connectivity index (χ0n) is 15.2. The summed E-state index contributed by atoms with van der Waals surface area (Å²) in [5, 5.41) is 4.35. The first-order chi connectivity index (χ1) is 13.0. The van der Waals surface area contributed by atoms with Gasteiger partial charge < -0.3 is 9.47 Å². The molecule has 0 saturated heterocycles. The fraction of sp³-hybridized carbons (Fsp3) is 0.222. The molecule has 0 aliphatic rings. The molecule has 27 heavy (non-hydrogen) atoms. The number of hydrogen-bond acceptors (Lipinski definition) is 6. The topological polar surface area (TPSA) is 95.3 Å². The van der Waals surface area contributed by atoms with Crippen molar-refractivity contribution in [3.05, 3.63) is 48.5 Å². The van der Waals surface area contributed by atoms with Crippen molar-refractivity contribution in [3.63, 3.8) is 0 Å². The Hall–Kier alpha value is -3.07. The molecule has 0 bridgehead atoms. The van der Waals surface area contributed by atoms with Gasteiger partial charge in [0.1, 0.15) is 5.75 Å². The average molecular weight is 388 g/mol. The second-order valence-electron chi connectivity index (χ2n) is 5.62. The van der Waals surface area contributed by atoms with Gasteiger partial charge in [0, 0.05) is 5.56 Å². The second-order valence-corrected chi connectivity index (χ2v) is 7.63. The van der Waals surface area contributed by atoms with E-state index in [4.69, 9.17) is 9.47 Å².